The number of carbonyl (C=O) groups excluding carboxylic acids is 1. The number of nitrogens with zero attached hydrogens (tertiary/aromatic N) is 3. The Kier molecular flexibility index (Phi) is 2.95. The van der Waals surface area contributed by atoms with Crippen LogP contribution in [0.25, 0.3) is 5.65 Å². The quantitative estimate of drug-likeness (QED) is 0.686. The van der Waals surface area contributed by atoms with Crippen molar-refractivity contribution < 1.29 is 9.18 Å². The summed E-state index contributed by atoms with van der Waals surface area (Å²) in [5.74, 6) is 0.241. The van der Waals surface area contributed by atoms with Crippen molar-refractivity contribution in [1.29, 1.82) is 0 Å². The van der Waals surface area contributed by atoms with Gasteiger partial charge in [0, 0.05) is 18.9 Å². The van der Waals surface area contributed by atoms with Crippen molar-refractivity contribution in [2.45, 2.75) is 0 Å². The Morgan fingerprint density at radius 2 is 1.95 bits per heavy atom. The van der Waals surface area contributed by atoms with Gasteiger partial charge in [0.05, 0.1) is 0 Å². The highest BCUT2D eigenvalue weighted by Crippen LogP contribution is 2.26. The third-order valence-corrected chi connectivity index (χ3v) is 3.19. The molecule has 0 aliphatic heterocycles. The molecule has 2 aromatic heterocycles. The Hall–Kier alpha value is -2.69. The lowest BCUT2D eigenvalue weighted by molar-refractivity contribution is 0.111. The van der Waals surface area contributed by atoms with Crippen molar-refractivity contribution in [2.24, 2.45) is 0 Å². The van der Waals surface area contributed by atoms with E-state index in [9.17, 15) is 9.18 Å². The first-order valence-corrected chi connectivity index (χ1v) is 6.12. The van der Waals surface area contributed by atoms with E-state index in [1.165, 1.54) is 12.1 Å². The minimum absolute atomic E-state index is 0.298. The lowest BCUT2D eigenvalue weighted by Crippen LogP contribution is -2.12. The van der Waals surface area contributed by atoms with Crippen molar-refractivity contribution in [2.75, 3.05) is 11.9 Å². The van der Waals surface area contributed by atoms with Crippen LogP contribution in [0.15, 0.2) is 48.7 Å². The van der Waals surface area contributed by atoms with Gasteiger partial charge >= 0.3 is 0 Å². The summed E-state index contributed by atoms with van der Waals surface area (Å²) in [7, 11) is 1.79. The second kappa shape index (κ2) is 4.77. The van der Waals surface area contributed by atoms with Crippen LogP contribution in [0.3, 0.4) is 0 Å². The first kappa shape index (κ1) is 12.3. The predicted molar refractivity (Wildman–Crippen MR) is 75.0 cm³/mol. The van der Waals surface area contributed by atoms with E-state index in [0.717, 1.165) is 12.0 Å². The Labute approximate surface area is 115 Å². The highest BCUT2D eigenvalue weighted by Gasteiger charge is 2.16. The van der Waals surface area contributed by atoms with Crippen LogP contribution >= 0.6 is 0 Å². The molecule has 0 amide bonds. The maximum atomic E-state index is 13.0. The summed E-state index contributed by atoms with van der Waals surface area (Å²) in [5.41, 5.74) is 1.92. The molecular weight excluding hydrogens is 257 g/mol. The molecule has 2 heterocycles. The van der Waals surface area contributed by atoms with Gasteiger partial charge in [-0.3, -0.25) is 9.20 Å². The van der Waals surface area contributed by atoms with Gasteiger partial charge in [-0.25, -0.2) is 9.37 Å². The van der Waals surface area contributed by atoms with Crippen LogP contribution in [0, 0.1) is 5.82 Å². The summed E-state index contributed by atoms with van der Waals surface area (Å²) < 4.78 is 14.7. The molecule has 0 atom stereocenters. The van der Waals surface area contributed by atoms with E-state index in [-0.39, 0.29) is 5.82 Å². The fourth-order valence-electron chi connectivity index (χ4n) is 2.15. The monoisotopic (exact) mass is 269 g/mol. The van der Waals surface area contributed by atoms with Gasteiger partial charge < -0.3 is 4.90 Å². The number of benzene rings is 1. The molecule has 0 spiro atoms. The highest BCUT2D eigenvalue weighted by molar-refractivity contribution is 5.85. The van der Waals surface area contributed by atoms with Crippen LogP contribution in [0.5, 0.6) is 0 Å². The molecule has 100 valence electrons. The topological polar surface area (TPSA) is 37.6 Å². The van der Waals surface area contributed by atoms with Crippen molar-refractivity contribution in [1.82, 2.24) is 9.38 Å². The normalized spacial score (nSPS) is 10.7. The first-order valence-electron chi connectivity index (χ1n) is 6.12. The molecule has 0 saturated heterocycles. The Balaban J connectivity index is 2.13. The van der Waals surface area contributed by atoms with Gasteiger partial charge in [-0.2, -0.15) is 0 Å². The molecule has 0 N–H and O–H groups in total. The van der Waals surface area contributed by atoms with E-state index in [1.807, 2.05) is 18.2 Å². The summed E-state index contributed by atoms with van der Waals surface area (Å²) in [6.07, 6.45) is 2.56. The molecule has 0 fully saturated rings. The Morgan fingerprint density at radius 1 is 1.20 bits per heavy atom. The van der Waals surface area contributed by atoms with E-state index in [0.29, 0.717) is 17.2 Å². The third kappa shape index (κ3) is 1.93. The van der Waals surface area contributed by atoms with Gasteiger partial charge in [0.25, 0.3) is 0 Å². The van der Waals surface area contributed by atoms with E-state index in [1.54, 1.807) is 34.7 Å². The molecule has 0 bridgehead atoms. The largest absolute Gasteiger partial charge is 0.328 e. The van der Waals surface area contributed by atoms with Crippen LogP contribution in [-0.2, 0) is 0 Å². The molecule has 20 heavy (non-hydrogen) atoms. The smallest absolute Gasteiger partial charge is 0.170 e. The van der Waals surface area contributed by atoms with Crippen LogP contribution in [0.1, 0.15) is 10.5 Å². The lowest BCUT2D eigenvalue weighted by Gasteiger charge is -2.17. The molecule has 3 aromatic rings. The molecule has 5 heteroatoms. The van der Waals surface area contributed by atoms with Gasteiger partial charge in [0.15, 0.2) is 12.1 Å². The highest BCUT2D eigenvalue weighted by atomic mass is 19.1. The van der Waals surface area contributed by atoms with E-state index in [2.05, 4.69) is 4.98 Å². The summed E-state index contributed by atoms with van der Waals surface area (Å²) in [5, 5.41) is 0. The van der Waals surface area contributed by atoms with Gasteiger partial charge in [-0.1, -0.05) is 6.07 Å². The summed E-state index contributed by atoms with van der Waals surface area (Å²) in [6.45, 7) is 0. The van der Waals surface area contributed by atoms with Gasteiger partial charge in [-0.15, -0.1) is 0 Å². The van der Waals surface area contributed by atoms with Crippen LogP contribution in [0.4, 0.5) is 15.9 Å². The number of hydrogen-bond donors (Lipinski definition) is 0. The summed E-state index contributed by atoms with van der Waals surface area (Å²) >= 11 is 0. The second-order valence-corrected chi connectivity index (χ2v) is 4.40. The average molecular weight is 269 g/mol. The molecule has 0 radical (unpaired) electrons. The van der Waals surface area contributed by atoms with Gasteiger partial charge in [-0.05, 0) is 36.4 Å². The molecule has 0 aliphatic rings. The lowest BCUT2D eigenvalue weighted by atomic mass is 10.3. The zero-order valence-corrected chi connectivity index (χ0v) is 10.8. The molecule has 3 rings (SSSR count). The van der Waals surface area contributed by atoms with Gasteiger partial charge in [0.2, 0.25) is 0 Å². The number of hydrogen-bond acceptors (Lipinski definition) is 3. The van der Waals surface area contributed by atoms with Crippen LogP contribution < -0.4 is 4.90 Å². The van der Waals surface area contributed by atoms with Crippen LogP contribution in [-0.4, -0.2) is 22.7 Å². The predicted octanol–water partition coefficient (Wildman–Crippen LogP) is 3.05. The number of aromatic nitrogens is 2. The number of pyridine rings is 1. The van der Waals surface area contributed by atoms with Crippen LogP contribution in [0.2, 0.25) is 0 Å². The Bertz CT molecular complexity index is 764. The van der Waals surface area contributed by atoms with E-state index >= 15 is 0 Å². The zero-order valence-electron chi connectivity index (χ0n) is 10.8. The van der Waals surface area contributed by atoms with Crippen molar-refractivity contribution in [3.05, 3.63) is 60.2 Å². The van der Waals surface area contributed by atoms with Gasteiger partial charge in [0.1, 0.15) is 17.2 Å². The fraction of sp³-hybridized carbons (Fsp3) is 0.0667. The molecule has 4 nitrogen and oxygen atoms in total. The number of aldehydes is 1. The SMILES string of the molecule is CN(c1ccc(F)cc1)c1nc2ccccn2c1C=O. The number of rotatable bonds is 3. The van der Waals surface area contributed by atoms with E-state index < -0.39 is 0 Å². The summed E-state index contributed by atoms with van der Waals surface area (Å²) in [6, 6.07) is 11.6. The third-order valence-electron chi connectivity index (χ3n) is 3.19. The average Bonchev–Trinajstić information content (AvgIpc) is 2.85. The number of imidazole rings is 1. The molecule has 0 unspecified atom stereocenters. The standard InChI is InChI=1S/C15H12FN3O/c1-18(12-7-5-11(16)6-8-12)15-13(10-20)19-9-3-2-4-14(19)17-15/h2-10H,1H3. The maximum Gasteiger partial charge on any atom is 0.170 e. The maximum absolute atomic E-state index is 13.0. The number of fused-ring (bicyclic) bond motifs is 1. The minimum Gasteiger partial charge on any atom is -0.328 e. The van der Waals surface area contributed by atoms with Crippen molar-refractivity contribution in [3.8, 4) is 0 Å². The Morgan fingerprint density at radius 3 is 2.65 bits per heavy atom. The second-order valence-electron chi connectivity index (χ2n) is 4.40. The van der Waals surface area contributed by atoms with Crippen molar-refractivity contribution in [3.63, 3.8) is 0 Å². The van der Waals surface area contributed by atoms with Crippen molar-refractivity contribution >= 4 is 23.4 Å². The summed E-state index contributed by atoms with van der Waals surface area (Å²) in [4.78, 5) is 17.6. The number of anilines is 2. The molecule has 1 aromatic carbocycles. The molecule has 0 saturated carbocycles. The first-order chi connectivity index (χ1) is 9.70. The fourth-order valence-corrected chi connectivity index (χ4v) is 2.15. The molecular formula is C15H12FN3O. The number of carbonyl (C=O) groups is 1. The van der Waals surface area contributed by atoms with E-state index in [4.69, 9.17) is 0 Å². The minimum atomic E-state index is -0.298. The number of halogens is 1. The molecule has 0 aliphatic carbocycles. The zero-order chi connectivity index (χ0) is 14.1.